The minimum absolute atomic E-state index is 0.679. The Morgan fingerprint density at radius 3 is 1.77 bits per heavy atom. The number of hydrogen-bond acceptors (Lipinski definition) is 4. The minimum atomic E-state index is 0.679. The molecule has 10 rings (SSSR count). The molecule has 248 valence electrons. The molecule has 4 heteroatoms. The van der Waals surface area contributed by atoms with Crippen LogP contribution in [0.5, 0.6) is 0 Å². The summed E-state index contributed by atoms with van der Waals surface area (Å²) in [5.41, 5.74) is 13.1. The highest BCUT2D eigenvalue weighted by atomic mass is 16.3. The van der Waals surface area contributed by atoms with E-state index in [4.69, 9.17) is 14.4 Å². The lowest BCUT2D eigenvalue weighted by Gasteiger charge is -2.14. The third kappa shape index (κ3) is 5.82. The predicted molar refractivity (Wildman–Crippen MR) is 217 cm³/mol. The van der Waals surface area contributed by atoms with Gasteiger partial charge in [0.25, 0.3) is 0 Å². The van der Waals surface area contributed by atoms with Crippen molar-refractivity contribution in [2.45, 2.75) is 0 Å². The van der Waals surface area contributed by atoms with Gasteiger partial charge in [0.05, 0.1) is 11.4 Å². The second kappa shape index (κ2) is 12.9. The van der Waals surface area contributed by atoms with Crippen molar-refractivity contribution in [1.82, 2.24) is 15.0 Å². The molecule has 0 unspecified atom stereocenters. The molecule has 7 aromatic carbocycles. The van der Waals surface area contributed by atoms with Crippen molar-refractivity contribution in [3.05, 3.63) is 188 Å². The minimum Gasteiger partial charge on any atom is -0.456 e. The Bertz CT molecular complexity index is 2930. The molecule has 0 N–H and O–H groups in total. The summed E-state index contributed by atoms with van der Waals surface area (Å²) in [7, 11) is 0. The van der Waals surface area contributed by atoms with Crippen LogP contribution in [0, 0.1) is 0 Å². The molecule has 0 aliphatic heterocycles. The maximum atomic E-state index is 6.19. The Hall–Kier alpha value is -7.17. The summed E-state index contributed by atoms with van der Waals surface area (Å²) < 4.78 is 6.19. The Morgan fingerprint density at radius 1 is 0.340 bits per heavy atom. The summed E-state index contributed by atoms with van der Waals surface area (Å²) >= 11 is 0. The van der Waals surface area contributed by atoms with Gasteiger partial charge in [0.15, 0.2) is 5.82 Å². The average molecular weight is 678 g/mol. The molecule has 0 saturated heterocycles. The third-order valence-electron chi connectivity index (χ3n) is 9.96. The second-order valence-corrected chi connectivity index (χ2v) is 13.3. The van der Waals surface area contributed by atoms with Crippen molar-refractivity contribution in [2.75, 3.05) is 0 Å². The molecular formula is C49H31N3O. The molecule has 4 nitrogen and oxygen atoms in total. The fraction of sp³-hybridized carbons (Fsp3) is 0. The van der Waals surface area contributed by atoms with E-state index < -0.39 is 0 Å². The highest BCUT2D eigenvalue weighted by molar-refractivity contribution is 6.06. The van der Waals surface area contributed by atoms with Crippen LogP contribution in [0.15, 0.2) is 193 Å². The highest BCUT2D eigenvalue weighted by Gasteiger charge is 2.15. The molecule has 0 aliphatic rings. The van der Waals surface area contributed by atoms with Gasteiger partial charge in [0.1, 0.15) is 11.2 Å². The Morgan fingerprint density at radius 2 is 0.962 bits per heavy atom. The number of para-hydroxylation sites is 1. The number of pyridine rings is 1. The molecule has 0 radical (unpaired) electrons. The normalized spacial score (nSPS) is 11.4. The summed E-state index contributed by atoms with van der Waals surface area (Å²) in [6.07, 6.45) is 3.68. The zero-order valence-corrected chi connectivity index (χ0v) is 28.6. The Labute approximate surface area is 306 Å². The van der Waals surface area contributed by atoms with Gasteiger partial charge in [-0.15, -0.1) is 0 Å². The van der Waals surface area contributed by atoms with E-state index in [1.54, 1.807) is 6.20 Å². The van der Waals surface area contributed by atoms with E-state index in [1.807, 2.05) is 42.6 Å². The van der Waals surface area contributed by atoms with Gasteiger partial charge in [-0.2, -0.15) is 0 Å². The van der Waals surface area contributed by atoms with Gasteiger partial charge in [0, 0.05) is 39.9 Å². The molecule has 0 bridgehead atoms. The van der Waals surface area contributed by atoms with Crippen LogP contribution in [-0.4, -0.2) is 15.0 Å². The summed E-state index contributed by atoms with van der Waals surface area (Å²) in [5, 5.41) is 4.62. The van der Waals surface area contributed by atoms with Gasteiger partial charge in [-0.3, -0.25) is 4.98 Å². The van der Waals surface area contributed by atoms with Gasteiger partial charge in [-0.1, -0.05) is 121 Å². The van der Waals surface area contributed by atoms with Gasteiger partial charge in [-0.25, -0.2) is 9.97 Å². The molecule has 0 atom stereocenters. The van der Waals surface area contributed by atoms with Gasteiger partial charge < -0.3 is 4.42 Å². The van der Waals surface area contributed by atoms with E-state index in [1.165, 1.54) is 10.8 Å². The summed E-state index contributed by atoms with van der Waals surface area (Å²) in [6.45, 7) is 0. The fourth-order valence-electron chi connectivity index (χ4n) is 7.21. The average Bonchev–Trinajstić information content (AvgIpc) is 3.62. The molecule has 0 saturated carbocycles. The van der Waals surface area contributed by atoms with Gasteiger partial charge in [0.2, 0.25) is 0 Å². The smallest absolute Gasteiger partial charge is 0.160 e. The maximum absolute atomic E-state index is 6.19. The van der Waals surface area contributed by atoms with Crippen molar-refractivity contribution in [1.29, 1.82) is 0 Å². The van der Waals surface area contributed by atoms with Crippen molar-refractivity contribution in [2.24, 2.45) is 0 Å². The molecule has 3 aromatic heterocycles. The number of benzene rings is 7. The van der Waals surface area contributed by atoms with Crippen LogP contribution in [-0.2, 0) is 0 Å². The number of furan rings is 1. The summed E-state index contributed by atoms with van der Waals surface area (Å²) in [4.78, 5) is 14.7. The lowest BCUT2D eigenvalue weighted by Crippen LogP contribution is -1.96. The molecule has 0 aliphatic carbocycles. The number of aromatic nitrogens is 3. The molecule has 0 fully saturated rings. The highest BCUT2D eigenvalue weighted by Crippen LogP contribution is 2.38. The number of hydrogen-bond donors (Lipinski definition) is 0. The third-order valence-corrected chi connectivity index (χ3v) is 9.96. The standard InChI is InChI=1S/C49H31N3O/c1-2-10-35(11-3-1)49-51-45(34-19-16-33(17-20-34)39-13-8-24-50-31-39)30-46(52-49)42-27-40(37-21-18-32-9-4-5-12-36(32)25-37)26-41(28-42)38-22-23-48-44(29-38)43-14-6-7-15-47(43)53-48/h1-31H. The molecule has 10 aromatic rings. The SMILES string of the molecule is c1ccc(-c2nc(-c3ccc(-c4cccnc4)cc3)cc(-c3cc(-c4ccc5ccccc5c4)cc(-c4ccc5oc6ccccc6c5c4)c3)n2)cc1. The van der Waals surface area contributed by atoms with E-state index in [0.29, 0.717) is 5.82 Å². The lowest BCUT2D eigenvalue weighted by molar-refractivity contribution is 0.669. The van der Waals surface area contributed by atoms with E-state index >= 15 is 0 Å². The molecular weight excluding hydrogens is 647 g/mol. The maximum Gasteiger partial charge on any atom is 0.160 e. The van der Waals surface area contributed by atoms with E-state index in [0.717, 1.165) is 83.4 Å². The first kappa shape index (κ1) is 30.6. The largest absolute Gasteiger partial charge is 0.456 e. The number of nitrogens with zero attached hydrogens (tertiary/aromatic N) is 3. The van der Waals surface area contributed by atoms with Gasteiger partial charge in [-0.05, 0) is 98.8 Å². The zero-order chi connectivity index (χ0) is 35.1. The second-order valence-electron chi connectivity index (χ2n) is 13.3. The van der Waals surface area contributed by atoms with Crippen LogP contribution in [0.1, 0.15) is 0 Å². The first-order valence-electron chi connectivity index (χ1n) is 17.7. The van der Waals surface area contributed by atoms with Crippen LogP contribution in [0.3, 0.4) is 0 Å². The molecule has 3 heterocycles. The molecule has 0 amide bonds. The Kier molecular flexibility index (Phi) is 7.43. The topological polar surface area (TPSA) is 51.8 Å². The van der Waals surface area contributed by atoms with E-state index in [9.17, 15) is 0 Å². The van der Waals surface area contributed by atoms with Crippen molar-refractivity contribution < 1.29 is 4.42 Å². The summed E-state index contributed by atoms with van der Waals surface area (Å²) in [6, 6.07) is 61.6. The predicted octanol–water partition coefficient (Wildman–Crippen LogP) is 12.9. The van der Waals surface area contributed by atoms with Gasteiger partial charge >= 0.3 is 0 Å². The zero-order valence-electron chi connectivity index (χ0n) is 28.6. The molecule has 0 spiro atoms. The first-order valence-corrected chi connectivity index (χ1v) is 17.7. The number of fused-ring (bicyclic) bond motifs is 4. The molecule has 53 heavy (non-hydrogen) atoms. The van der Waals surface area contributed by atoms with Crippen molar-refractivity contribution in [3.63, 3.8) is 0 Å². The van der Waals surface area contributed by atoms with Crippen LogP contribution < -0.4 is 0 Å². The van der Waals surface area contributed by atoms with E-state index in [2.05, 4.69) is 145 Å². The first-order chi connectivity index (χ1) is 26.2. The van der Waals surface area contributed by atoms with Crippen LogP contribution in [0.25, 0.3) is 100.0 Å². The van der Waals surface area contributed by atoms with E-state index in [-0.39, 0.29) is 0 Å². The van der Waals surface area contributed by atoms with Crippen LogP contribution in [0.4, 0.5) is 0 Å². The Balaban J connectivity index is 1.17. The monoisotopic (exact) mass is 677 g/mol. The van der Waals surface area contributed by atoms with Crippen molar-refractivity contribution >= 4 is 32.7 Å². The quantitative estimate of drug-likeness (QED) is 0.176. The van der Waals surface area contributed by atoms with Crippen LogP contribution >= 0.6 is 0 Å². The fourth-order valence-corrected chi connectivity index (χ4v) is 7.21. The summed E-state index contributed by atoms with van der Waals surface area (Å²) in [5.74, 6) is 0.679. The van der Waals surface area contributed by atoms with Crippen LogP contribution in [0.2, 0.25) is 0 Å². The lowest BCUT2D eigenvalue weighted by atomic mass is 9.93. The number of rotatable bonds is 6. The van der Waals surface area contributed by atoms with Crippen molar-refractivity contribution in [3.8, 4) is 67.3 Å².